The van der Waals surface area contributed by atoms with Crippen LogP contribution < -0.4 is 5.73 Å². The Hall–Kier alpha value is -0.0000000000000000555. The summed E-state index contributed by atoms with van der Waals surface area (Å²) >= 11 is 13.8. The molecule has 0 radical (unpaired) electrons. The maximum Gasteiger partial charge on any atom is 0.235 e. The lowest BCUT2D eigenvalue weighted by Gasteiger charge is -2.07. The molecule has 0 aliphatic rings. The van der Waals surface area contributed by atoms with Crippen molar-refractivity contribution in [2.45, 2.75) is 11.8 Å². The number of carbonyl (C=O) groups excluding carboxylic acids is 1. The van der Waals surface area contributed by atoms with E-state index in [2.05, 4.69) is 22.6 Å². The number of amides is 1. The molecule has 0 saturated heterocycles. The van der Waals surface area contributed by atoms with Crippen LogP contribution in [-0.2, 0) is 11.2 Å². The third kappa shape index (κ3) is 3.29. The fourth-order valence-corrected chi connectivity index (χ4v) is 2.08. The molecule has 0 spiro atoms. The van der Waals surface area contributed by atoms with Gasteiger partial charge in [-0.25, -0.2) is 0 Å². The van der Waals surface area contributed by atoms with E-state index in [9.17, 15) is 4.79 Å². The van der Waals surface area contributed by atoms with Crippen molar-refractivity contribution in [1.29, 1.82) is 0 Å². The third-order valence-corrected chi connectivity index (χ3v) is 3.12. The molecule has 1 rings (SSSR count). The molecule has 0 heterocycles. The van der Waals surface area contributed by atoms with E-state index in [1.807, 2.05) is 18.2 Å². The third-order valence-electron chi connectivity index (χ3n) is 1.72. The van der Waals surface area contributed by atoms with Crippen molar-refractivity contribution < 1.29 is 4.79 Å². The monoisotopic (exact) mass is 343 g/mol. The minimum atomic E-state index is -0.701. The zero-order valence-electron chi connectivity index (χ0n) is 7.14. The van der Waals surface area contributed by atoms with Gasteiger partial charge in [0.1, 0.15) is 5.38 Å². The predicted molar refractivity (Wildman–Crippen MR) is 66.7 cm³/mol. The summed E-state index contributed by atoms with van der Waals surface area (Å²) in [6.07, 6.45) is 0.368. The van der Waals surface area contributed by atoms with E-state index in [-0.39, 0.29) is 0 Å². The van der Waals surface area contributed by atoms with E-state index in [0.29, 0.717) is 11.4 Å². The number of primary amides is 1. The first-order valence-corrected chi connectivity index (χ1v) is 5.77. The van der Waals surface area contributed by atoms with Gasteiger partial charge in [-0.3, -0.25) is 4.79 Å². The Morgan fingerprint density at radius 1 is 1.57 bits per heavy atom. The highest BCUT2D eigenvalue weighted by Crippen LogP contribution is 2.21. The molecular formula is C9H8Cl2INO. The van der Waals surface area contributed by atoms with E-state index in [1.54, 1.807) is 0 Å². The summed E-state index contributed by atoms with van der Waals surface area (Å²) in [7, 11) is 0. The van der Waals surface area contributed by atoms with E-state index in [1.165, 1.54) is 0 Å². The number of carbonyl (C=O) groups is 1. The van der Waals surface area contributed by atoms with Crippen LogP contribution in [0.25, 0.3) is 0 Å². The molecule has 1 aromatic carbocycles. The molecule has 5 heteroatoms. The maximum absolute atomic E-state index is 10.7. The van der Waals surface area contributed by atoms with Gasteiger partial charge >= 0.3 is 0 Å². The highest BCUT2D eigenvalue weighted by atomic mass is 127. The van der Waals surface area contributed by atoms with Crippen molar-refractivity contribution in [3.63, 3.8) is 0 Å². The summed E-state index contributed by atoms with van der Waals surface area (Å²) < 4.78 is 1.04. The Morgan fingerprint density at radius 3 is 2.71 bits per heavy atom. The molecule has 1 amide bonds. The molecule has 1 unspecified atom stereocenters. The quantitative estimate of drug-likeness (QED) is 0.665. The molecule has 0 aromatic heterocycles. The lowest BCUT2D eigenvalue weighted by molar-refractivity contribution is -0.117. The number of nitrogens with two attached hydrogens (primary N) is 1. The number of hydrogen-bond donors (Lipinski definition) is 1. The Labute approximate surface area is 106 Å². The predicted octanol–water partition coefficient (Wildman–Crippen LogP) is 2.58. The molecule has 0 aliphatic heterocycles. The van der Waals surface area contributed by atoms with E-state index < -0.39 is 11.3 Å². The second-order valence-corrected chi connectivity index (χ2v) is 4.99. The molecule has 0 bridgehead atoms. The zero-order chi connectivity index (χ0) is 10.7. The van der Waals surface area contributed by atoms with Gasteiger partial charge in [-0.2, -0.15) is 0 Å². The lowest BCUT2D eigenvalue weighted by atomic mass is 10.1. The molecule has 0 aliphatic carbocycles. The normalized spacial score (nSPS) is 12.5. The molecule has 1 aromatic rings. The van der Waals surface area contributed by atoms with E-state index >= 15 is 0 Å². The first-order valence-electron chi connectivity index (χ1n) is 3.88. The van der Waals surface area contributed by atoms with Gasteiger partial charge in [0.15, 0.2) is 0 Å². The van der Waals surface area contributed by atoms with Crippen molar-refractivity contribution >= 4 is 51.7 Å². The molecule has 0 saturated carbocycles. The average molecular weight is 344 g/mol. The van der Waals surface area contributed by atoms with Crippen LogP contribution >= 0.6 is 45.8 Å². The summed E-state index contributed by atoms with van der Waals surface area (Å²) in [5.41, 5.74) is 5.89. The smallest absolute Gasteiger partial charge is 0.235 e. The van der Waals surface area contributed by atoms with Crippen LogP contribution in [-0.4, -0.2) is 11.3 Å². The van der Waals surface area contributed by atoms with Crippen LogP contribution in [0.2, 0.25) is 5.02 Å². The number of rotatable bonds is 3. The number of alkyl halides is 1. The second kappa shape index (κ2) is 5.19. The van der Waals surface area contributed by atoms with Crippen molar-refractivity contribution in [1.82, 2.24) is 0 Å². The molecule has 2 N–H and O–H groups in total. The SMILES string of the molecule is NC(=O)C(Cl)Cc1ccc(I)cc1Cl. The van der Waals surface area contributed by atoms with Gasteiger partial charge in [0.2, 0.25) is 5.91 Å². The molecule has 1 atom stereocenters. The van der Waals surface area contributed by atoms with Gasteiger partial charge in [-0.1, -0.05) is 17.7 Å². The molecular weight excluding hydrogens is 336 g/mol. The number of hydrogen-bond acceptors (Lipinski definition) is 1. The van der Waals surface area contributed by atoms with Crippen LogP contribution in [0.5, 0.6) is 0 Å². The summed E-state index contributed by atoms with van der Waals surface area (Å²) in [6.45, 7) is 0. The van der Waals surface area contributed by atoms with Crippen LogP contribution in [0, 0.1) is 3.57 Å². The summed E-state index contributed by atoms with van der Waals surface area (Å²) in [6, 6.07) is 5.58. The number of benzene rings is 1. The van der Waals surface area contributed by atoms with Crippen molar-refractivity contribution in [3.8, 4) is 0 Å². The van der Waals surface area contributed by atoms with Gasteiger partial charge in [-0.15, -0.1) is 11.6 Å². The Morgan fingerprint density at radius 2 is 2.21 bits per heavy atom. The standard InChI is InChI=1S/C9H8Cl2INO/c10-7-4-6(12)2-1-5(7)3-8(11)9(13)14/h1-2,4,8H,3H2,(H2,13,14). The van der Waals surface area contributed by atoms with E-state index in [4.69, 9.17) is 28.9 Å². The van der Waals surface area contributed by atoms with Gasteiger partial charge in [0.25, 0.3) is 0 Å². The Bertz CT molecular complexity index is 357. The molecule has 76 valence electrons. The van der Waals surface area contributed by atoms with Crippen LogP contribution in [0.4, 0.5) is 0 Å². The first kappa shape index (κ1) is 12.1. The highest BCUT2D eigenvalue weighted by Gasteiger charge is 2.13. The average Bonchev–Trinajstić information content (AvgIpc) is 2.09. The first-order chi connectivity index (χ1) is 6.50. The minimum absolute atomic E-state index is 0.368. The minimum Gasteiger partial charge on any atom is -0.368 e. The van der Waals surface area contributed by atoms with Crippen molar-refractivity contribution in [2.24, 2.45) is 5.73 Å². The van der Waals surface area contributed by atoms with Crippen LogP contribution in [0.15, 0.2) is 18.2 Å². The molecule has 14 heavy (non-hydrogen) atoms. The summed E-state index contributed by atoms with van der Waals surface area (Å²) in [4.78, 5) is 10.7. The maximum atomic E-state index is 10.7. The largest absolute Gasteiger partial charge is 0.368 e. The van der Waals surface area contributed by atoms with Crippen molar-refractivity contribution in [3.05, 3.63) is 32.4 Å². The van der Waals surface area contributed by atoms with Gasteiger partial charge in [0, 0.05) is 8.59 Å². The van der Waals surface area contributed by atoms with E-state index in [0.717, 1.165) is 9.13 Å². The molecule has 0 fully saturated rings. The Kier molecular flexibility index (Phi) is 4.47. The van der Waals surface area contributed by atoms with Crippen molar-refractivity contribution in [2.75, 3.05) is 0 Å². The highest BCUT2D eigenvalue weighted by molar-refractivity contribution is 14.1. The summed E-state index contributed by atoms with van der Waals surface area (Å²) in [5.74, 6) is -0.527. The fourth-order valence-electron chi connectivity index (χ4n) is 0.981. The Balaban J connectivity index is 2.82. The molecule has 2 nitrogen and oxygen atoms in total. The van der Waals surface area contributed by atoms with Crippen LogP contribution in [0.1, 0.15) is 5.56 Å². The van der Waals surface area contributed by atoms with Gasteiger partial charge < -0.3 is 5.73 Å². The fraction of sp³-hybridized carbons (Fsp3) is 0.222. The number of halogens is 3. The van der Waals surface area contributed by atoms with Crippen LogP contribution in [0.3, 0.4) is 0 Å². The van der Waals surface area contributed by atoms with Gasteiger partial charge in [-0.05, 0) is 46.7 Å². The zero-order valence-corrected chi connectivity index (χ0v) is 10.8. The second-order valence-electron chi connectivity index (χ2n) is 2.81. The lowest BCUT2D eigenvalue weighted by Crippen LogP contribution is -2.25. The summed E-state index contributed by atoms with van der Waals surface area (Å²) in [5, 5.41) is -0.0867. The topological polar surface area (TPSA) is 43.1 Å². The van der Waals surface area contributed by atoms with Gasteiger partial charge in [0.05, 0.1) is 0 Å².